The van der Waals surface area contributed by atoms with Gasteiger partial charge in [-0.3, -0.25) is 14.2 Å². The van der Waals surface area contributed by atoms with Gasteiger partial charge in [-0.2, -0.15) is 0 Å². The predicted molar refractivity (Wildman–Crippen MR) is 113 cm³/mol. The Morgan fingerprint density at radius 3 is 2.73 bits per heavy atom. The van der Waals surface area contributed by atoms with E-state index in [-0.39, 0.29) is 29.4 Å². The molecule has 1 aliphatic heterocycles. The number of aryl methyl sites for hydroxylation is 1. The Morgan fingerprint density at radius 1 is 1.23 bits per heavy atom. The summed E-state index contributed by atoms with van der Waals surface area (Å²) >= 11 is 1.37. The lowest BCUT2D eigenvalue weighted by molar-refractivity contribution is -0.122. The Bertz CT molecular complexity index is 1170. The highest BCUT2D eigenvalue weighted by molar-refractivity contribution is 7.21. The molecule has 2 aromatic heterocycles. The number of fused-ring (bicyclic) bond motifs is 1. The quantitative estimate of drug-likeness (QED) is 0.677. The third-order valence-electron chi connectivity index (χ3n) is 5.72. The van der Waals surface area contributed by atoms with Crippen LogP contribution in [-0.4, -0.2) is 33.0 Å². The van der Waals surface area contributed by atoms with E-state index in [9.17, 15) is 14.0 Å². The molecule has 2 fully saturated rings. The number of amides is 1. The number of thiazole rings is 1. The van der Waals surface area contributed by atoms with Crippen molar-refractivity contribution in [2.45, 2.75) is 51.2 Å². The van der Waals surface area contributed by atoms with Crippen molar-refractivity contribution in [1.82, 2.24) is 19.9 Å². The first-order valence-electron chi connectivity index (χ1n) is 10.2. The molecule has 5 rings (SSSR count). The normalized spacial score (nSPS) is 18.9. The Morgan fingerprint density at radius 2 is 2.00 bits per heavy atom. The summed E-state index contributed by atoms with van der Waals surface area (Å²) in [5, 5.41) is 3.61. The van der Waals surface area contributed by atoms with Crippen LogP contribution < -0.4 is 15.8 Å². The van der Waals surface area contributed by atoms with Crippen LogP contribution in [0.25, 0.3) is 10.3 Å². The average molecular weight is 428 g/mol. The van der Waals surface area contributed by atoms with Crippen LogP contribution in [0.15, 0.2) is 29.1 Å². The van der Waals surface area contributed by atoms with Crippen molar-refractivity contribution in [3.8, 4) is 0 Å². The van der Waals surface area contributed by atoms with Crippen molar-refractivity contribution in [2.75, 3.05) is 11.4 Å². The van der Waals surface area contributed by atoms with Crippen LogP contribution in [0, 0.1) is 12.7 Å². The molecule has 7 nitrogen and oxygen atoms in total. The first-order valence-corrected chi connectivity index (χ1v) is 11.0. The number of benzene rings is 1. The highest BCUT2D eigenvalue weighted by Gasteiger charge is 2.34. The van der Waals surface area contributed by atoms with Gasteiger partial charge in [0.05, 0.1) is 0 Å². The van der Waals surface area contributed by atoms with Crippen LogP contribution in [0.5, 0.6) is 0 Å². The highest BCUT2D eigenvalue weighted by Crippen LogP contribution is 2.36. The molecule has 1 atom stereocenters. The molecule has 0 radical (unpaired) electrons. The fourth-order valence-electron chi connectivity index (χ4n) is 4.04. The van der Waals surface area contributed by atoms with Gasteiger partial charge in [0.2, 0.25) is 5.91 Å². The third kappa shape index (κ3) is 3.47. The molecule has 1 saturated carbocycles. The minimum atomic E-state index is -0.335. The lowest BCUT2D eigenvalue weighted by Crippen LogP contribution is -2.43. The lowest BCUT2D eigenvalue weighted by Gasteiger charge is -2.23. The topological polar surface area (TPSA) is 80.1 Å². The first kappa shape index (κ1) is 19.2. The zero-order chi connectivity index (χ0) is 20.8. The van der Waals surface area contributed by atoms with E-state index in [2.05, 4.69) is 15.3 Å². The molecule has 9 heteroatoms. The van der Waals surface area contributed by atoms with Crippen molar-refractivity contribution in [3.05, 3.63) is 51.8 Å². The molecule has 3 aromatic rings. The van der Waals surface area contributed by atoms with Gasteiger partial charge >= 0.3 is 0 Å². The van der Waals surface area contributed by atoms with Crippen LogP contribution >= 0.6 is 11.3 Å². The Balaban J connectivity index is 1.37. The maximum atomic E-state index is 13.1. The second-order valence-electron chi connectivity index (χ2n) is 7.91. The molecular weight excluding hydrogens is 405 g/mol. The van der Waals surface area contributed by atoms with E-state index in [1.165, 1.54) is 23.5 Å². The Hall–Kier alpha value is -2.81. The number of hydrogen-bond acceptors (Lipinski definition) is 6. The SMILES string of the molecule is Cc1nc2sc(N3CCCC3C(=O)NCc3ccc(F)cc3)nc2c(=O)n1C1CC1. The summed E-state index contributed by atoms with van der Waals surface area (Å²) < 4.78 is 14.8. The van der Waals surface area contributed by atoms with Gasteiger partial charge in [-0.05, 0) is 50.3 Å². The number of halogens is 1. The molecule has 1 unspecified atom stereocenters. The number of aromatic nitrogens is 3. The number of rotatable bonds is 5. The molecule has 1 saturated heterocycles. The second kappa shape index (κ2) is 7.46. The summed E-state index contributed by atoms with van der Waals surface area (Å²) in [6, 6.07) is 6.00. The van der Waals surface area contributed by atoms with Crippen LogP contribution in [0.4, 0.5) is 9.52 Å². The number of nitrogens with zero attached hydrogens (tertiary/aromatic N) is 4. The molecule has 0 spiro atoms. The molecule has 1 N–H and O–H groups in total. The van der Waals surface area contributed by atoms with Gasteiger partial charge in [-0.1, -0.05) is 23.5 Å². The summed E-state index contributed by atoms with van der Waals surface area (Å²) in [7, 11) is 0. The molecule has 30 heavy (non-hydrogen) atoms. The molecule has 3 heterocycles. The summed E-state index contributed by atoms with van der Waals surface area (Å²) in [4.78, 5) is 37.5. The number of carbonyl (C=O) groups excluding carboxylic acids is 1. The lowest BCUT2D eigenvalue weighted by atomic mass is 10.2. The van der Waals surface area contributed by atoms with Gasteiger partial charge in [-0.15, -0.1) is 0 Å². The van der Waals surface area contributed by atoms with Crippen molar-refractivity contribution < 1.29 is 9.18 Å². The molecule has 1 aromatic carbocycles. The third-order valence-corrected chi connectivity index (χ3v) is 6.71. The standard InChI is InChI=1S/C21H22FN5O2S/c1-12-24-19-17(20(29)27(12)15-8-9-15)25-21(30-19)26-10-2-3-16(26)18(28)23-11-13-4-6-14(22)7-5-13/h4-7,15-16H,2-3,8-11H2,1H3,(H,23,28). The van der Waals surface area contributed by atoms with Crippen molar-refractivity contribution in [1.29, 1.82) is 0 Å². The largest absolute Gasteiger partial charge is 0.350 e. The summed E-state index contributed by atoms with van der Waals surface area (Å²) in [6.07, 6.45) is 3.62. The molecule has 1 aliphatic carbocycles. The summed E-state index contributed by atoms with van der Waals surface area (Å²) in [6.45, 7) is 2.92. The van der Waals surface area contributed by atoms with E-state index < -0.39 is 0 Å². The molecule has 2 aliphatic rings. The van der Waals surface area contributed by atoms with E-state index in [0.29, 0.717) is 28.6 Å². The second-order valence-corrected chi connectivity index (χ2v) is 8.87. The average Bonchev–Trinajstić information content (AvgIpc) is 3.26. The van der Waals surface area contributed by atoms with Gasteiger partial charge in [-0.25, -0.2) is 14.4 Å². The monoisotopic (exact) mass is 427 g/mol. The van der Waals surface area contributed by atoms with E-state index in [0.717, 1.165) is 37.1 Å². The first-order chi connectivity index (χ1) is 14.5. The van der Waals surface area contributed by atoms with E-state index in [1.54, 1.807) is 16.7 Å². The fourth-order valence-corrected chi connectivity index (χ4v) is 5.09. The van der Waals surface area contributed by atoms with Gasteiger partial charge in [0.25, 0.3) is 5.56 Å². The summed E-state index contributed by atoms with van der Waals surface area (Å²) in [5.41, 5.74) is 1.15. The van der Waals surface area contributed by atoms with Crippen molar-refractivity contribution in [3.63, 3.8) is 0 Å². The van der Waals surface area contributed by atoms with Crippen LogP contribution in [0.1, 0.15) is 43.1 Å². The Kier molecular flexibility index (Phi) is 4.77. The molecule has 1 amide bonds. The minimum Gasteiger partial charge on any atom is -0.350 e. The maximum Gasteiger partial charge on any atom is 0.281 e. The summed E-state index contributed by atoms with van der Waals surface area (Å²) in [5.74, 6) is 0.336. The number of anilines is 1. The molecule has 0 bridgehead atoms. The maximum absolute atomic E-state index is 13.1. The van der Waals surface area contributed by atoms with E-state index in [4.69, 9.17) is 0 Å². The van der Waals surface area contributed by atoms with Gasteiger partial charge in [0, 0.05) is 19.1 Å². The number of nitrogens with one attached hydrogen (secondary N) is 1. The van der Waals surface area contributed by atoms with Gasteiger partial charge in [0.15, 0.2) is 15.5 Å². The molecule has 156 valence electrons. The Labute approximate surface area is 176 Å². The van der Waals surface area contributed by atoms with E-state index >= 15 is 0 Å². The zero-order valence-corrected chi connectivity index (χ0v) is 17.4. The molecular formula is C21H22FN5O2S. The van der Waals surface area contributed by atoms with Crippen LogP contribution in [0.3, 0.4) is 0 Å². The van der Waals surface area contributed by atoms with Crippen LogP contribution in [-0.2, 0) is 11.3 Å². The van der Waals surface area contributed by atoms with E-state index in [1.807, 2.05) is 11.8 Å². The zero-order valence-electron chi connectivity index (χ0n) is 16.6. The van der Waals surface area contributed by atoms with Crippen molar-refractivity contribution >= 4 is 32.7 Å². The highest BCUT2D eigenvalue weighted by atomic mass is 32.1. The number of hydrogen-bond donors (Lipinski definition) is 1. The number of carbonyl (C=O) groups is 1. The van der Waals surface area contributed by atoms with Crippen LogP contribution in [0.2, 0.25) is 0 Å². The fraction of sp³-hybridized carbons (Fsp3) is 0.429. The smallest absolute Gasteiger partial charge is 0.281 e. The minimum absolute atomic E-state index is 0.0843. The predicted octanol–water partition coefficient (Wildman–Crippen LogP) is 2.92. The van der Waals surface area contributed by atoms with Crippen molar-refractivity contribution in [2.24, 2.45) is 0 Å². The van der Waals surface area contributed by atoms with Gasteiger partial charge < -0.3 is 10.2 Å². The van der Waals surface area contributed by atoms with Gasteiger partial charge in [0.1, 0.15) is 17.7 Å².